The third kappa shape index (κ3) is 10.5. The molecule has 0 aromatic carbocycles. The summed E-state index contributed by atoms with van der Waals surface area (Å²) in [6.07, 6.45) is 0.950. The molecule has 0 bridgehead atoms. The van der Waals surface area contributed by atoms with Gasteiger partial charge >= 0.3 is 5.97 Å². The molecule has 2 unspecified atom stereocenters. The molecule has 0 N–H and O–H groups in total. The summed E-state index contributed by atoms with van der Waals surface area (Å²) in [4.78, 5) is 13.8. The first-order chi connectivity index (χ1) is 9.51. The van der Waals surface area contributed by atoms with E-state index in [4.69, 9.17) is 14.2 Å². The molecule has 0 rings (SSSR count). The Labute approximate surface area is 127 Å². The van der Waals surface area contributed by atoms with Crippen molar-refractivity contribution in [3.63, 3.8) is 0 Å². The van der Waals surface area contributed by atoms with Crippen LogP contribution in [0.1, 0.15) is 13.3 Å². The Balaban J connectivity index is 3.68. The maximum Gasteiger partial charge on any atom is 0.309 e. The fraction of sp³-hybridized carbons (Fsp3) is 0.929. The standard InChI is InChI=1S/C14H29NO4S/c1-12(10-20-11-13(18-5)9-17-4)14(16)19-8-6-7-15(2)3/h12-13H,6-11H2,1-5H3. The van der Waals surface area contributed by atoms with Crippen molar-refractivity contribution in [2.75, 3.05) is 59.6 Å². The van der Waals surface area contributed by atoms with Gasteiger partial charge in [-0.05, 0) is 20.5 Å². The van der Waals surface area contributed by atoms with Crippen molar-refractivity contribution < 1.29 is 19.0 Å². The van der Waals surface area contributed by atoms with E-state index < -0.39 is 0 Å². The molecule has 0 radical (unpaired) electrons. The van der Waals surface area contributed by atoms with E-state index >= 15 is 0 Å². The molecular formula is C14H29NO4S. The number of rotatable bonds is 12. The summed E-state index contributed by atoms with van der Waals surface area (Å²) < 4.78 is 15.6. The smallest absolute Gasteiger partial charge is 0.309 e. The van der Waals surface area contributed by atoms with Crippen LogP contribution in [0.15, 0.2) is 0 Å². The van der Waals surface area contributed by atoms with Gasteiger partial charge in [-0.15, -0.1) is 0 Å². The van der Waals surface area contributed by atoms with Crippen molar-refractivity contribution in [3.05, 3.63) is 0 Å². The second-order valence-electron chi connectivity index (χ2n) is 5.08. The third-order valence-electron chi connectivity index (χ3n) is 2.75. The van der Waals surface area contributed by atoms with Crippen LogP contribution in [0, 0.1) is 5.92 Å². The first-order valence-electron chi connectivity index (χ1n) is 6.92. The van der Waals surface area contributed by atoms with Crippen LogP contribution in [0.5, 0.6) is 0 Å². The number of carbonyl (C=O) groups excluding carboxylic acids is 1. The molecular weight excluding hydrogens is 278 g/mol. The van der Waals surface area contributed by atoms with E-state index in [0.29, 0.717) is 13.2 Å². The van der Waals surface area contributed by atoms with Gasteiger partial charge in [0, 0.05) is 32.3 Å². The van der Waals surface area contributed by atoms with Crippen LogP contribution in [-0.2, 0) is 19.0 Å². The van der Waals surface area contributed by atoms with Gasteiger partial charge in [0.1, 0.15) is 0 Å². The lowest BCUT2D eigenvalue weighted by Gasteiger charge is -2.16. The van der Waals surface area contributed by atoms with E-state index in [1.807, 2.05) is 21.0 Å². The Morgan fingerprint density at radius 2 is 1.95 bits per heavy atom. The first kappa shape index (κ1) is 19.7. The summed E-state index contributed by atoms with van der Waals surface area (Å²) in [6, 6.07) is 0. The predicted molar refractivity (Wildman–Crippen MR) is 83.3 cm³/mol. The van der Waals surface area contributed by atoms with Gasteiger partial charge in [-0.2, -0.15) is 11.8 Å². The zero-order valence-corrected chi connectivity index (χ0v) is 14.2. The lowest BCUT2D eigenvalue weighted by atomic mass is 10.2. The third-order valence-corrected chi connectivity index (χ3v) is 4.10. The lowest BCUT2D eigenvalue weighted by molar-refractivity contribution is -0.147. The molecule has 0 saturated heterocycles. The maximum atomic E-state index is 11.8. The largest absolute Gasteiger partial charge is 0.465 e. The van der Waals surface area contributed by atoms with Crippen molar-refractivity contribution in [3.8, 4) is 0 Å². The van der Waals surface area contributed by atoms with Crippen molar-refractivity contribution >= 4 is 17.7 Å². The molecule has 0 amide bonds. The molecule has 0 aromatic rings. The van der Waals surface area contributed by atoms with Gasteiger partial charge in [0.2, 0.25) is 0 Å². The number of carbonyl (C=O) groups is 1. The molecule has 0 aliphatic carbocycles. The highest BCUT2D eigenvalue weighted by molar-refractivity contribution is 7.99. The van der Waals surface area contributed by atoms with Crippen LogP contribution in [0.25, 0.3) is 0 Å². The molecule has 0 fully saturated rings. The van der Waals surface area contributed by atoms with E-state index in [9.17, 15) is 4.79 Å². The summed E-state index contributed by atoms with van der Waals surface area (Å²) >= 11 is 1.69. The Bertz CT molecular complexity index is 251. The number of hydrogen-bond donors (Lipinski definition) is 0. The fourth-order valence-corrected chi connectivity index (χ4v) is 2.63. The van der Waals surface area contributed by atoms with Crippen LogP contribution < -0.4 is 0 Å². The molecule has 0 aromatic heterocycles. The summed E-state index contributed by atoms with van der Waals surface area (Å²) in [5.74, 6) is 1.37. The van der Waals surface area contributed by atoms with Crippen LogP contribution in [0.3, 0.4) is 0 Å². The maximum absolute atomic E-state index is 11.8. The zero-order chi connectivity index (χ0) is 15.4. The van der Waals surface area contributed by atoms with Crippen molar-refractivity contribution in [2.45, 2.75) is 19.4 Å². The van der Waals surface area contributed by atoms with Gasteiger partial charge in [0.15, 0.2) is 0 Å². The van der Waals surface area contributed by atoms with Crippen molar-refractivity contribution in [1.82, 2.24) is 4.90 Å². The fourth-order valence-electron chi connectivity index (χ4n) is 1.51. The van der Waals surface area contributed by atoms with Crippen LogP contribution in [0.2, 0.25) is 0 Å². The normalized spacial score (nSPS) is 14.3. The zero-order valence-electron chi connectivity index (χ0n) is 13.4. The Kier molecular flexibility index (Phi) is 12.3. The predicted octanol–water partition coefficient (Wildman–Crippen LogP) is 1.51. The molecule has 5 nitrogen and oxygen atoms in total. The van der Waals surface area contributed by atoms with E-state index in [0.717, 1.165) is 24.5 Å². The van der Waals surface area contributed by atoms with Gasteiger partial charge < -0.3 is 19.1 Å². The monoisotopic (exact) mass is 307 g/mol. The number of ether oxygens (including phenoxy) is 3. The number of nitrogens with zero attached hydrogens (tertiary/aromatic N) is 1. The van der Waals surface area contributed by atoms with E-state index in [2.05, 4.69) is 4.90 Å². The number of esters is 1. The lowest BCUT2D eigenvalue weighted by Crippen LogP contribution is -2.23. The van der Waals surface area contributed by atoms with Gasteiger partial charge in [0.05, 0.1) is 25.2 Å². The van der Waals surface area contributed by atoms with E-state index in [1.165, 1.54) is 0 Å². The summed E-state index contributed by atoms with van der Waals surface area (Å²) in [6.45, 7) is 3.91. The molecule has 0 heterocycles. The van der Waals surface area contributed by atoms with Crippen LogP contribution in [-0.4, -0.2) is 76.6 Å². The minimum absolute atomic E-state index is 0.0771. The molecule has 120 valence electrons. The number of hydrogen-bond acceptors (Lipinski definition) is 6. The molecule has 0 aliphatic heterocycles. The highest BCUT2D eigenvalue weighted by Crippen LogP contribution is 2.12. The highest BCUT2D eigenvalue weighted by Gasteiger charge is 2.15. The van der Waals surface area contributed by atoms with Crippen molar-refractivity contribution in [2.24, 2.45) is 5.92 Å². The molecule has 20 heavy (non-hydrogen) atoms. The molecule has 0 saturated carbocycles. The Hall–Kier alpha value is -0.300. The number of methoxy groups -OCH3 is 2. The van der Waals surface area contributed by atoms with E-state index in [-0.39, 0.29) is 18.0 Å². The average Bonchev–Trinajstić information content (AvgIpc) is 2.41. The summed E-state index contributed by atoms with van der Waals surface area (Å²) in [5, 5.41) is 0. The highest BCUT2D eigenvalue weighted by atomic mass is 32.2. The van der Waals surface area contributed by atoms with Crippen LogP contribution >= 0.6 is 11.8 Å². The van der Waals surface area contributed by atoms with Gasteiger partial charge in [0.25, 0.3) is 0 Å². The topological polar surface area (TPSA) is 48.0 Å². The molecule has 0 spiro atoms. The quantitative estimate of drug-likeness (QED) is 0.402. The minimum Gasteiger partial charge on any atom is -0.465 e. The second kappa shape index (κ2) is 12.4. The second-order valence-corrected chi connectivity index (χ2v) is 6.15. The van der Waals surface area contributed by atoms with E-state index in [1.54, 1.807) is 26.0 Å². The van der Waals surface area contributed by atoms with Gasteiger partial charge in [-0.3, -0.25) is 4.79 Å². The molecule has 6 heteroatoms. The van der Waals surface area contributed by atoms with Gasteiger partial charge in [-0.25, -0.2) is 0 Å². The number of thioether (sulfide) groups is 1. The van der Waals surface area contributed by atoms with Crippen LogP contribution in [0.4, 0.5) is 0 Å². The SMILES string of the molecule is COCC(CSCC(C)C(=O)OCCCN(C)C)OC. The molecule has 0 aliphatic rings. The summed E-state index contributed by atoms with van der Waals surface area (Å²) in [7, 11) is 7.34. The van der Waals surface area contributed by atoms with Crippen molar-refractivity contribution in [1.29, 1.82) is 0 Å². The average molecular weight is 307 g/mol. The minimum atomic E-state index is -0.114. The first-order valence-corrected chi connectivity index (χ1v) is 8.07. The summed E-state index contributed by atoms with van der Waals surface area (Å²) in [5.41, 5.74) is 0. The Morgan fingerprint density at radius 1 is 1.25 bits per heavy atom. The Morgan fingerprint density at radius 3 is 2.50 bits per heavy atom. The van der Waals surface area contributed by atoms with Gasteiger partial charge in [-0.1, -0.05) is 6.92 Å². The molecule has 2 atom stereocenters.